The molecule has 0 aromatic heterocycles. The van der Waals surface area contributed by atoms with Crippen molar-refractivity contribution in [2.75, 3.05) is 6.61 Å². The molecule has 0 aromatic rings. The summed E-state index contributed by atoms with van der Waals surface area (Å²) >= 11 is 0. The van der Waals surface area contributed by atoms with E-state index < -0.39 is 0 Å². The van der Waals surface area contributed by atoms with Gasteiger partial charge in [-0.05, 0) is 12.8 Å². The van der Waals surface area contributed by atoms with Crippen molar-refractivity contribution in [3.05, 3.63) is 0 Å². The number of carbonyl (C=O) groups excluding carboxylic acids is 1. The van der Waals surface area contributed by atoms with Crippen molar-refractivity contribution in [1.29, 1.82) is 0 Å². The number of carbonyl (C=O) groups is 1. The molecule has 0 aliphatic rings. The molecular weight excluding hydrogens is 344 g/mol. The molecule has 0 saturated carbocycles. The molecule has 0 spiro atoms. The summed E-state index contributed by atoms with van der Waals surface area (Å²) in [5.74, 6) is 0.00703. The Morgan fingerprint density at radius 2 is 0.786 bits per heavy atom. The molecule has 28 heavy (non-hydrogen) atoms. The van der Waals surface area contributed by atoms with Gasteiger partial charge in [0.1, 0.15) is 0 Å². The predicted octanol–water partition coefficient (Wildman–Crippen LogP) is 9.15. The molecule has 168 valence electrons. The van der Waals surface area contributed by atoms with Gasteiger partial charge in [-0.3, -0.25) is 4.79 Å². The predicted molar refractivity (Wildman–Crippen MR) is 124 cm³/mol. The molecule has 0 aliphatic carbocycles. The van der Waals surface area contributed by atoms with Gasteiger partial charge in [-0.1, -0.05) is 136 Å². The quantitative estimate of drug-likeness (QED) is 0.127. The number of rotatable bonds is 23. The SMILES string of the molecule is CCCCCCCCCCCCCCCCCCCOC(=O)CCCCCC. The van der Waals surface area contributed by atoms with E-state index in [1.54, 1.807) is 0 Å². The normalized spacial score (nSPS) is 11.1. The smallest absolute Gasteiger partial charge is 0.305 e. The molecule has 0 aromatic carbocycles. The minimum Gasteiger partial charge on any atom is -0.466 e. The van der Waals surface area contributed by atoms with E-state index in [1.165, 1.54) is 116 Å². The third-order valence-corrected chi connectivity index (χ3v) is 5.75. The zero-order valence-corrected chi connectivity index (χ0v) is 19.6. The highest BCUT2D eigenvalue weighted by molar-refractivity contribution is 5.69. The second-order valence-electron chi connectivity index (χ2n) is 8.69. The van der Waals surface area contributed by atoms with Gasteiger partial charge in [0, 0.05) is 6.42 Å². The van der Waals surface area contributed by atoms with Crippen molar-refractivity contribution in [2.24, 2.45) is 0 Å². The van der Waals surface area contributed by atoms with E-state index >= 15 is 0 Å². The first-order valence-electron chi connectivity index (χ1n) is 13.0. The minimum atomic E-state index is 0.00703. The summed E-state index contributed by atoms with van der Waals surface area (Å²) < 4.78 is 5.31. The van der Waals surface area contributed by atoms with E-state index in [4.69, 9.17) is 4.74 Å². The summed E-state index contributed by atoms with van der Waals surface area (Å²) in [6, 6.07) is 0. The Balaban J connectivity index is 3.07. The van der Waals surface area contributed by atoms with Crippen LogP contribution in [0.3, 0.4) is 0 Å². The third-order valence-electron chi connectivity index (χ3n) is 5.75. The molecule has 2 heteroatoms. The molecule has 0 unspecified atom stereocenters. The second-order valence-corrected chi connectivity index (χ2v) is 8.69. The Hall–Kier alpha value is -0.530. The Bertz CT molecular complexity index is 301. The largest absolute Gasteiger partial charge is 0.466 e. The van der Waals surface area contributed by atoms with Crippen LogP contribution in [0, 0.1) is 0 Å². The molecule has 0 bridgehead atoms. The average Bonchev–Trinajstić information content (AvgIpc) is 2.70. The van der Waals surface area contributed by atoms with Crippen molar-refractivity contribution >= 4 is 5.97 Å². The summed E-state index contributed by atoms with van der Waals surface area (Å²) in [7, 11) is 0. The number of esters is 1. The molecule has 2 nitrogen and oxygen atoms in total. The van der Waals surface area contributed by atoms with E-state index in [9.17, 15) is 4.79 Å². The lowest BCUT2D eigenvalue weighted by Crippen LogP contribution is -2.05. The van der Waals surface area contributed by atoms with Crippen LogP contribution in [0.2, 0.25) is 0 Å². The van der Waals surface area contributed by atoms with Gasteiger partial charge in [-0.25, -0.2) is 0 Å². The maximum absolute atomic E-state index is 11.6. The highest BCUT2D eigenvalue weighted by Crippen LogP contribution is 2.14. The number of hydrogen-bond acceptors (Lipinski definition) is 2. The summed E-state index contributed by atoms with van der Waals surface area (Å²) in [6.07, 6.45) is 28.7. The van der Waals surface area contributed by atoms with Gasteiger partial charge in [0.05, 0.1) is 6.61 Å². The molecule has 0 N–H and O–H groups in total. The van der Waals surface area contributed by atoms with Crippen LogP contribution in [0.15, 0.2) is 0 Å². The standard InChI is InChI=1S/C26H52O2/c1-3-5-7-9-10-11-12-13-14-15-16-17-18-19-20-21-23-25-28-26(27)24-22-8-6-4-2/h3-25H2,1-2H3. The Labute approximate surface area is 177 Å². The Morgan fingerprint density at radius 3 is 1.18 bits per heavy atom. The molecule has 0 amide bonds. The second kappa shape index (κ2) is 24.5. The van der Waals surface area contributed by atoms with Gasteiger partial charge in [0.15, 0.2) is 0 Å². The van der Waals surface area contributed by atoms with Gasteiger partial charge >= 0.3 is 5.97 Å². The fourth-order valence-corrected chi connectivity index (χ4v) is 3.78. The summed E-state index contributed by atoms with van der Waals surface area (Å²) in [5, 5.41) is 0. The number of ether oxygens (including phenoxy) is 1. The van der Waals surface area contributed by atoms with Crippen molar-refractivity contribution in [3.63, 3.8) is 0 Å². The number of unbranched alkanes of at least 4 members (excludes halogenated alkanes) is 19. The van der Waals surface area contributed by atoms with Gasteiger partial charge in [0.2, 0.25) is 0 Å². The first kappa shape index (κ1) is 27.5. The van der Waals surface area contributed by atoms with Gasteiger partial charge < -0.3 is 4.74 Å². The highest BCUT2D eigenvalue weighted by Gasteiger charge is 2.02. The van der Waals surface area contributed by atoms with E-state index in [2.05, 4.69) is 13.8 Å². The van der Waals surface area contributed by atoms with Crippen LogP contribution in [0.4, 0.5) is 0 Å². The first-order chi connectivity index (χ1) is 13.8. The van der Waals surface area contributed by atoms with Crippen LogP contribution < -0.4 is 0 Å². The minimum absolute atomic E-state index is 0.00703. The molecule has 0 atom stereocenters. The van der Waals surface area contributed by atoms with Crippen molar-refractivity contribution in [1.82, 2.24) is 0 Å². The molecule has 0 aliphatic heterocycles. The molecule has 0 radical (unpaired) electrons. The third kappa shape index (κ3) is 23.5. The molecule has 0 heterocycles. The lowest BCUT2D eigenvalue weighted by Gasteiger charge is -2.05. The molecule has 0 rings (SSSR count). The first-order valence-corrected chi connectivity index (χ1v) is 13.0. The summed E-state index contributed by atoms with van der Waals surface area (Å²) in [5.41, 5.74) is 0. The van der Waals surface area contributed by atoms with Crippen LogP contribution in [0.5, 0.6) is 0 Å². The van der Waals surface area contributed by atoms with Gasteiger partial charge in [0.25, 0.3) is 0 Å². The Kier molecular flexibility index (Phi) is 24.0. The van der Waals surface area contributed by atoms with E-state index in [0.717, 1.165) is 19.3 Å². The fourth-order valence-electron chi connectivity index (χ4n) is 3.78. The van der Waals surface area contributed by atoms with Crippen molar-refractivity contribution in [2.45, 2.75) is 155 Å². The zero-order valence-electron chi connectivity index (χ0n) is 19.6. The van der Waals surface area contributed by atoms with E-state index in [0.29, 0.717) is 13.0 Å². The highest BCUT2D eigenvalue weighted by atomic mass is 16.5. The lowest BCUT2D eigenvalue weighted by atomic mass is 10.0. The van der Waals surface area contributed by atoms with Crippen molar-refractivity contribution < 1.29 is 9.53 Å². The summed E-state index contributed by atoms with van der Waals surface area (Å²) in [6.45, 7) is 5.11. The lowest BCUT2D eigenvalue weighted by molar-refractivity contribution is -0.143. The van der Waals surface area contributed by atoms with Crippen molar-refractivity contribution in [3.8, 4) is 0 Å². The van der Waals surface area contributed by atoms with E-state index in [-0.39, 0.29) is 5.97 Å². The van der Waals surface area contributed by atoms with E-state index in [1.807, 2.05) is 0 Å². The topological polar surface area (TPSA) is 26.3 Å². The monoisotopic (exact) mass is 396 g/mol. The van der Waals surface area contributed by atoms with Crippen LogP contribution >= 0.6 is 0 Å². The number of hydrogen-bond donors (Lipinski definition) is 0. The molecular formula is C26H52O2. The summed E-state index contributed by atoms with van der Waals surface area (Å²) in [4.78, 5) is 11.6. The maximum Gasteiger partial charge on any atom is 0.305 e. The molecule has 0 saturated heterocycles. The fraction of sp³-hybridized carbons (Fsp3) is 0.962. The maximum atomic E-state index is 11.6. The Morgan fingerprint density at radius 1 is 0.464 bits per heavy atom. The van der Waals surface area contributed by atoms with Gasteiger partial charge in [-0.2, -0.15) is 0 Å². The molecule has 0 fully saturated rings. The zero-order chi connectivity index (χ0) is 20.5. The van der Waals surface area contributed by atoms with Crippen LogP contribution in [-0.4, -0.2) is 12.6 Å². The van der Waals surface area contributed by atoms with Crippen LogP contribution in [0.1, 0.15) is 155 Å². The van der Waals surface area contributed by atoms with Crippen LogP contribution in [0.25, 0.3) is 0 Å². The van der Waals surface area contributed by atoms with Gasteiger partial charge in [-0.15, -0.1) is 0 Å². The average molecular weight is 397 g/mol. The van der Waals surface area contributed by atoms with Crippen LogP contribution in [-0.2, 0) is 9.53 Å².